The summed E-state index contributed by atoms with van der Waals surface area (Å²) in [6, 6.07) is 12.6. The summed E-state index contributed by atoms with van der Waals surface area (Å²) in [4.78, 5) is 31.3. The Balaban J connectivity index is 1.12. The molecule has 174 valence electrons. The molecule has 0 unspecified atom stereocenters. The van der Waals surface area contributed by atoms with Gasteiger partial charge < -0.3 is 15.0 Å². The van der Waals surface area contributed by atoms with Crippen LogP contribution in [0.2, 0.25) is 5.02 Å². The average Bonchev–Trinajstić information content (AvgIpc) is 3.53. The maximum absolute atomic E-state index is 12.6. The highest BCUT2D eigenvalue weighted by Crippen LogP contribution is 2.31. The number of anilines is 1. The van der Waals surface area contributed by atoms with Gasteiger partial charge in [0.25, 0.3) is 5.91 Å². The maximum atomic E-state index is 12.6. The molecule has 1 aliphatic rings. The van der Waals surface area contributed by atoms with Crippen LogP contribution in [0.3, 0.4) is 0 Å². The number of nitrogens with zero attached hydrogens (tertiary/aromatic N) is 4. The Kier molecular flexibility index (Phi) is 6.41. The molecule has 2 aromatic carbocycles. The number of carbonyl (C=O) groups excluding carboxylic acids is 2. The standard InChI is InChI=1S/C23H21ClN6O3S/c24-16-3-1-14(2-4-16)12-33-23(32)30-9-7-15(8-10-30)22-26-20(13-34-22)21(31)25-17-5-6-18-19(11-17)28-29-27-18/h1-6,11,13,15H,7-10,12H2,(H,25,31)(H,27,28,29). The van der Waals surface area contributed by atoms with E-state index in [1.54, 1.807) is 34.5 Å². The first-order valence-electron chi connectivity index (χ1n) is 10.8. The minimum absolute atomic E-state index is 0.207. The third-order valence-electron chi connectivity index (χ3n) is 5.72. The largest absolute Gasteiger partial charge is 0.445 e. The molecule has 0 atom stereocenters. The number of amides is 2. The fourth-order valence-corrected chi connectivity index (χ4v) is 4.92. The monoisotopic (exact) mass is 496 g/mol. The zero-order valence-corrected chi connectivity index (χ0v) is 19.6. The highest BCUT2D eigenvalue weighted by molar-refractivity contribution is 7.10. The second kappa shape index (κ2) is 9.78. The van der Waals surface area contributed by atoms with Crippen LogP contribution in [0.4, 0.5) is 10.5 Å². The number of likely N-dealkylation sites (tertiary alicyclic amines) is 1. The number of carbonyl (C=O) groups is 2. The van der Waals surface area contributed by atoms with Crippen LogP contribution in [-0.2, 0) is 11.3 Å². The lowest BCUT2D eigenvalue weighted by atomic mass is 9.98. The number of aromatic nitrogens is 4. The number of halogens is 1. The molecule has 4 aromatic rings. The smallest absolute Gasteiger partial charge is 0.410 e. The molecule has 2 aromatic heterocycles. The first-order valence-corrected chi connectivity index (χ1v) is 12.0. The normalized spacial score (nSPS) is 14.3. The number of fused-ring (bicyclic) bond motifs is 1. The van der Waals surface area contributed by atoms with Crippen molar-refractivity contribution < 1.29 is 14.3 Å². The summed E-state index contributed by atoms with van der Waals surface area (Å²) in [5.74, 6) is -0.0631. The lowest BCUT2D eigenvalue weighted by Crippen LogP contribution is -2.38. The minimum Gasteiger partial charge on any atom is -0.445 e. The molecular formula is C23H21ClN6O3S. The fourth-order valence-electron chi connectivity index (χ4n) is 3.82. The first-order chi connectivity index (χ1) is 16.5. The Morgan fingerprint density at radius 3 is 2.76 bits per heavy atom. The van der Waals surface area contributed by atoms with Crippen LogP contribution in [0, 0.1) is 0 Å². The Bertz CT molecular complexity index is 1310. The Morgan fingerprint density at radius 2 is 1.97 bits per heavy atom. The fraction of sp³-hybridized carbons (Fsp3) is 0.261. The van der Waals surface area contributed by atoms with Gasteiger partial charge in [0.2, 0.25) is 0 Å². The van der Waals surface area contributed by atoms with Gasteiger partial charge in [0.05, 0.1) is 10.5 Å². The topological polar surface area (TPSA) is 113 Å². The number of aromatic amines is 1. The van der Waals surface area contributed by atoms with Gasteiger partial charge in [0.15, 0.2) is 0 Å². The third-order valence-corrected chi connectivity index (χ3v) is 6.98. The zero-order chi connectivity index (χ0) is 23.5. The van der Waals surface area contributed by atoms with E-state index in [1.807, 2.05) is 18.2 Å². The molecule has 2 N–H and O–H groups in total. The van der Waals surface area contributed by atoms with Gasteiger partial charge >= 0.3 is 6.09 Å². The van der Waals surface area contributed by atoms with Crippen molar-refractivity contribution in [1.29, 1.82) is 0 Å². The van der Waals surface area contributed by atoms with Crippen LogP contribution in [0.15, 0.2) is 47.8 Å². The quantitative estimate of drug-likeness (QED) is 0.409. The van der Waals surface area contributed by atoms with Gasteiger partial charge in [0.1, 0.15) is 17.8 Å². The van der Waals surface area contributed by atoms with Gasteiger partial charge in [-0.1, -0.05) is 28.9 Å². The molecule has 0 aliphatic carbocycles. The molecule has 11 heteroatoms. The molecule has 1 fully saturated rings. The molecule has 5 rings (SSSR count). The van der Waals surface area contributed by atoms with E-state index in [9.17, 15) is 9.59 Å². The van der Waals surface area contributed by atoms with Crippen LogP contribution in [0.5, 0.6) is 0 Å². The van der Waals surface area contributed by atoms with Crippen LogP contribution in [0.1, 0.15) is 39.8 Å². The van der Waals surface area contributed by atoms with Crippen LogP contribution < -0.4 is 5.32 Å². The Labute approximate surface area is 204 Å². The number of hydrogen-bond donors (Lipinski definition) is 2. The van der Waals surface area contributed by atoms with Crippen LogP contribution in [0.25, 0.3) is 11.0 Å². The number of ether oxygens (including phenoxy) is 1. The maximum Gasteiger partial charge on any atom is 0.410 e. The number of benzene rings is 2. The summed E-state index contributed by atoms with van der Waals surface area (Å²) in [5, 5.41) is 16.7. The molecule has 3 heterocycles. The zero-order valence-electron chi connectivity index (χ0n) is 18.0. The molecule has 0 saturated carbocycles. The van der Waals surface area contributed by atoms with Crippen molar-refractivity contribution in [3.63, 3.8) is 0 Å². The van der Waals surface area contributed by atoms with Gasteiger partial charge in [-0.15, -0.1) is 16.4 Å². The van der Waals surface area contributed by atoms with Gasteiger partial charge in [-0.3, -0.25) is 9.89 Å². The van der Waals surface area contributed by atoms with E-state index in [-0.39, 0.29) is 24.5 Å². The average molecular weight is 497 g/mol. The minimum atomic E-state index is -0.323. The second-order valence-corrected chi connectivity index (χ2v) is 9.34. The van der Waals surface area contributed by atoms with Crippen molar-refractivity contribution in [3.8, 4) is 0 Å². The van der Waals surface area contributed by atoms with E-state index in [0.717, 1.165) is 28.9 Å². The summed E-state index contributed by atoms with van der Waals surface area (Å²) < 4.78 is 5.43. The van der Waals surface area contributed by atoms with E-state index >= 15 is 0 Å². The lowest BCUT2D eigenvalue weighted by Gasteiger charge is -2.30. The summed E-state index contributed by atoms with van der Waals surface area (Å²) in [7, 11) is 0. The van der Waals surface area contributed by atoms with Crippen molar-refractivity contribution in [2.24, 2.45) is 0 Å². The van der Waals surface area contributed by atoms with Gasteiger partial charge in [-0.05, 0) is 48.7 Å². The number of rotatable bonds is 5. The highest BCUT2D eigenvalue weighted by Gasteiger charge is 2.27. The lowest BCUT2D eigenvalue weighted by molar-refractivity contribution is 0.0870. The summed E-state index contributed by atoms with van der Waals surface area (Å²) in [6.07, 6.45) is 1.22. The molecule has 0 bridgehead atoms. The van der Waals surface area contributed by atoms with Gasteiger partial charge in [0, 0.05) is 35.1 Å². The van der Waals surface area contributed by atoms with Crippen molar-refractivity contribution >= 4 is 51.7 Å². The molecule has 1 saturated heterocycles. The Morgan fingerprint density at radius 1 is 1.18 bits per heavy atom. The van der Waals surface area contributed by atoms with Crippen molar-refractivity contribution in [3.05, 3.63) is 69.1 Å². The van der Waals surface area contributed by atoms with Gasteiger partial charge in [-0.2, -0.15) is 0 Å². The number of piperidine rings is 1. The van der Waals surface area contributed by atoms with Gasteiger partial charge in [-0.25, -0.2) is 9.78 Å². The molecular weight excluding hydrogens is 476 g/mol. The van der Waals surface area contributed by atoms with Crippen LogP contribution >= 0.6 is 22.9 Å². The summed E-state index contributed by atoms with van der Waals surface area (Å²) >= 11 is 7.36. The number of H-pyrrole nitrogens is 1. The molecule has 1 aliphatic heterocycles. The molecule has 34 heavy (non-hydrogen) atoms. The molecule has 0 spiro atoms. The van der Waals surface area contributed by atoms with E-state index in [0.29, 0.717) is 35.0 Å². The van der Waals surface area contributed by atoms with Crippen molar-refractivity contribution in [2.45, 2.75) is 25.4 Å². The number of thiazole rings is 1. The van der Waals surface area contributed by atoms with Crippen molar-refractivity contribution in [1.82, 2.24) is 25.3 Å². The van der Waals surface area contributed by atoms with E-state index in [4.69, 9.17) is 16.3 Å². The molecule has 9 nitrogen and oxygen atoms in total. The number of nitrogens with one attached hydrogen (secondary N) is 2. The van der Waals surface area contributed by atoms with E-state index < -0.39 is 0 Å². The summed E-state index contributed by atoms with van der Waals surface area (Å²) in [5.41, 5.74) is 3.38. The van der Waals surface area contributed by atoms with Crippen molar-refractivity contribution in [2.75, 3.05) is 18.4 Å². The Hall–Kier alpha value is -3.50. The van der Waals surface area contributed by atoms with E-state index in [2.05, 4.69) is 25.7 Å². The first kappa shape index (κ1) is 22.3. The molecule has 0 radical (unpaired) electrons. The van der Waals surface area contributed by atoms with Crippen LogP contribution in [-0.4, -0.2) is 50.4 Å². The predicted octanol–water partition coefficient (Wildman–Crippen LogP) is 4.84. The number of hydrogen-bond acceptors (Lipinski definition) is 7. The highest BCUT2D eigenvalue weighted by atomic mass is 35.5. The third kappa shape index (κ3) is 5.02. The SMILES string of the molecule is O=C(Nc1ccc2[nH]nnc2c1)c1csc(C2CCN(C(=O)OCc3ccc(Cl)cc3)CC2)n1. The second-order valence-electron chi connectivity index (χ2n) is 8.01. The van der Waals surface area contributed by atoms with E-state index in [1.165, 1.54) is 11.3 Å². The summed E-state index contributed by atoms with van der Waals surface area (Å²) in [6.45, 7) is 1.39. The predicted molar refractivity (Wildman–Crippen MR) is 129 cm³/mol. The molecule has 2 amide bonds.